The molecule has 2 fully saturated rings. The highest BCUT2D eigenvalue weighted by molar-refractivity contribution is 5.84. The van der Waals surface area contributed by atoms with Gasteiger partial charge in [-0.1, -0.05) is 13.0 Å². The lowest BCUT2D eigenvalue weighted by Gasteiger charge is -2.38. The maximum absolute atomic E-state index is 15.0. The number of hydrogen-bond acceptors (Lipinski definition) is 6. The van der Waals surface area contributed by atoms with Crippen LogP contribution in [0.3, 0.4) is 0 Å². The van der Waals surface area contributed by atoms with Crippen molar-refractivity contribution in [2.75, 3.05) is 44.2 Å². The van der Waals surface area contributed by atoms with Crippen molar-refractivity contribution >= 4 is 11.7 Å². The van der Waals surface area contributed by atoms with Gasteiger partial charge in [0.2, 0.25) is 5.91 Å². The standard InChI is InChI=1S/C27H33F4N5O2/c1-16-12-22(37)24-23(16)25(34-15-33-24)35-8-10-36(11-9-35)26(38)20(6-7-32-14-17-2-3-17)19-5-4-18(13-21(19)28)27(29,30)31/h4-5,13,15-17,20,22,32,37H,2-3,6-12,14H2,1H3/t16-,20-,22-/m1/s1. The second kappa shape index (κ2) is 10.8. The molecule has 38 heavy (non-hydrogen) atoms. The number of rotatable bonds is 8. The minimum absolute atomic E-state index is 0.00455. The minimum atomic E-state index is -4.66. The van der Waals surface area contributed by atoms with E-state index in [1.807, 2.05) is 6.92 Å². The largest absolute Gasteiger partial charge is 0.416 e. The lowest BCUT2D eigenvalue weighted by molar-refractivity contribution is -0.137. The van der Waals surface area contributed by atoms with Gasteiger partial charge in [-0.3, -0.25) is 4.79 Å². The van der Waals surface area contributed by atoms with Gasteiger partial charge in [0.1, 0.15) is 18.0 Å². The fourth-order valence-corrected chi connectivity index (χ4v) is 5.59. The van der Waals surface area contributed by atoms with E-state index in [2.05, 4.69) is 20.2 Å². The third-order valence-corrected chi connectivity index (χ3v) is 7.91. The zero-order valence-corrected chi connectivity index (χ0v) is 21.3. The van der Waals surface area contributed by atoms with Crippen LogP contribution in [0.5, 0.6) is 0 Å². The summed E-state index contributed by atoms with van der Waals surface area (Å²) in [6, 6.07) is 2.44. The molecule has 3 atom stereocenters. The number of benzene rings is 1. The Kier molecular flexibility index (Phi) is 7.59. The highest BCUT2D eigenvalue weighted by atomic mass is 19.4. The number of hydrogen-bond donors (Lipinski definition) is 2. The first kappa shape index (κ1) is 26.8. The molecule has 1 saturated heterocycles. The predicted molar refractivity (Wildman–Crippen MR) is 133 cm³/mol. The molecule has 1 amide bonds. The monoisotopic (exact) mass is 535 g/mol. The van der Waals surface area contributed by atoms with E-state index in [1.165, 1.54) is 19.2 Å². The number of nitrogens with zero attached hydrogens (tertiary/aromatic N) is 4. The first-order valence-electron chi connectivity index (χ1n) is 13.3. The quantitative estimate of drug-likeness (QED) is 0.393. The van der Waals surface area contributed by atoms with E-state index in [4.69, 9.17) is 0 Å². The van der Waals surface area contributed by atoms with Crippen LogP contribution in [-0.4, -0.2) is 65.2 Å². The molecule has 0 bridgehead atoms. The number of piperazine rings is 1. The molecule has 206 valence electrons. The van der Waals surface area contributed by atoms with E-state index in [0.29, 0.717) is 63.2 Å². The lowest BCUT2D eigenvalue weighted by Crippen LogP contribution is -2.50. The van der Waals surface area contributed by atoms with Crippen LogP contribution in [0.25, 0.3) is 0 Å². The third kappa shape index (κ3) is 5.63. The Morgan fingerprint density at radius 3 is 2.58 bits per heavy atom. The van der Waals surface area contributed by atoms with Crippen molar-refractivity contribution < 1.29 is 27.5 Å². The maximum atomic E-state index is 15.0. The molecule has 7 nitrogen and oxygen atoms in total. The number of aromatic nitrogens is 2. The number of carbonyl (C=O) groups is 1. The Balaban J connectivity index is 1.30. The number of amides is 1. The van der Waals surface area contributed by atoms with E-state index >= 15 is 0 Å². The summed E-state index contributed by atoms with van der Waals surface area (Å²) in [6.07, 6.45) is -0.600. The van der Waals surface area contributed by atoms with Gasteiger partial charge in [-0.05, 0) is 62.7 Å². The molecule has 0 radical (unpaired) electrons. The van der Waals surface area contributed by atoms with Gasteiger partial charge in [-0.25, -0.2) is 14.4 Å². The number of anilines is 1. The van der Waals surface area contributed by atoms with Crippen molar-refractivity contribution in [2.45, 2.75) is 56.7 Å². The summed E-state index contributed by atoms with van der Waals surface area (Å²) < 4.78 is 54.3. The molecule has 1 aromatic carbocycles. The first-order chi connectivity index (χ1) is 18.1. The summed E-state index contributed by atoms with van der Waals surface area (Å²) >= 11 is 0. The maximum Gasteiger partial charge on any atom is 0.416 e. The molecule has 1 aliphatic heterocycles. The van der Waals surface area contributed by atoms with Crippen molar-refractivity contribution in [3.8, 4) is 0 Å². The fraction of sp³-hybridized carbons (Fsp3) is 0.593. The van der Waals surface area contributed by atoms with Crippen molar-refractivity contribution in [3.63, 3.8) is 0 Å². The molecule has 11 heteroatoms. The highest BCUT2D eigenvalue weighted by Gasteiger charge is 2.36. The summed E-state index contributed by atoms with van der Waals surface area (Å²) in [5.41, 5.74) is 0.515. The number of carbonyl (C=O) groups excluding carboxylic acids is 1. The second-order valence-corrected chi connectivity index (χ2v) is 10.7. The normalized spacial score (nSPS) is 22.5. The summed E-state index contributed by atoms with van der Waals surface area (Å²) in [6.45, 7) is 5.08. The van der Waals surface area contributed by atoms with E-state index in [9.17, 15) is 27.5 Å². The number of aliphatic hydroxyl groups is 1. The van der Waals surface area contributed by atoms with Crippen molar-refractivity contribution in [2.24, 2.45) is 5.92 Å². The molecule has 5 rings (SSSR count). The van der Waals surface area contributed by atoms with Crippen LogP contribution in [0.2, 0.25) is 0 Å². The number of nitrogens with one attached hydrogen (secondary N) is 1. The summed E-state index contributed by atoms with van der Waals surface area (Å²) in [5, 5.41) is 13.6. The van der Waals surface area contributed by atoms with Crippen LogP contribution < -0.4 is 10.2 Å². The summed E-state index contributed by atoms with van der Waals surface area (Å²) in [4.78, 5) is 26.1. The molecule has 2 heterocycles. The summed E-state index contributed by atoms with van der Waals surface area (Å²) in [5.74, 6) is -0.663. The number of aliphatic hydroxyl groups excluding tert-OH is 1. The zero-order chi connectivity index (χ0) is 27.0. The molecule has 1 saturated carbocycles. The van der Waals surface area contributed by atoms with E-state index < -0.39 is 29.6 Å². The van der Waals surface area contributed by atoms with Crippen molar-refractivity contribution in [3.05, 3.63) is 52.7 Å². The molecule has 2 aliphatic carbocycles. The molecule has 2 aromatic rings. The third-order valence-electron chi connectivity index (χ3n) is 7.91. The van der Waals surface area contributed by atoms with Crippen LogP contribution >= 0.6 is 0 Å². The molecule has 0 spiro atoms. The molecular formula is C27H33F4N5O2. The van der Waals surface area contributed by atoms with Gasteiger partial charge in [0, 0.05) is 37.3 Å². The second-order valence-electron chi connectivity index (χ2n) is 10.7. The molecule has 1 aromatic heterocycles. The van der Waals surface area contributed by atoms with Gasteiger partial charge in [0.15, 0.2) is 0 Å². The van der Waals surface area contributed by atoms with Gasteiger partial charge in [-0.2, -0.15) is 13.2 Å². The van der Waals surface area contributed by atoms with Gasteiger partial charge >= 0.3 is 6.18 Å². The SMILES string of the molecule is C[C@@H]1C[C@@H](O)c2ncnc(N3CCN(C(=O)[C@H](CCNCC4CC4)c4ccc(C(F)(F)F)cc4F)CC3)c21. The van der Waals surface area contributed by atoms with Crippen molar-refractivity contribution in [1.29, 1.82) is 0 Å². The average Bonchev–Trinajstić information content (AvgIpc) is 3.67. The molecule has 0 unspecified atom stereocenters. The molecule has 2 N–H and O–H groups in total. The van der Waals surface area contributed by atoms with E-state index in [-0.39, 0.29) is 17.4 Å². The average molecular weight is 536 g/mol. The minimum Gasteiger partial charge on any atom is -0.387 e. The zero-order valence-electron chi connectivity index (χ0n) is 21.3. The van der Waals surface area contributed by atoms with E-state index in [0.717, 1.165) is 30.1 Å². The smallest absolute Gasteiger partial charge is 0.387 e. The van der Waals surface area contributed by atoms with E-state index in [1.54, 1.807) is 4.90 Å². The predicted octanol–water partition coefficient (Wildman–Crippen LogP) is 4.00. The number of alkyl halides is 3. The summed E-state index contributed by atoms with van der Waals surface area (Å²) in [7, 11) is 0. The van der Waals surface area contributed by atoms with Crippen LogP contribution in [0.15, 0.2) is 24.5 Å². The van der Waals surface area contributed by atoms with Crippen LogP contribution in [0.1, 0.15) is 72.9 Å². The Labute approximate surface area is 219 Å². The Morgan fingerprint density at radius 1 is 1.18 bits per heavy atom. The lowest BCUT2D eigenvalue weighted by atomic mass is 9.92. The van der Waals surface area contributed by atoms with Gasteiger partial charge in [0.05, 0.1) is 23.3 Å². The van der Waals surface area contributed by atoms with Gasteiger partial charge in [-0.15, -0.1) is 0 Å². The Morgan fingerprint density at radius 2 is 1.92 bits per heavy atom. The van der Waals surface area contributed by atoms with Crippen LogP contribution in [0, 0.1) is 11.7 Å². The Hall–Kier alpha value is -2.79. The topological polar surface area (TPSA) is 81.6 Å². The molecule has 3 aliphatic rings. The van der Waals surface area contributed by atoms with Gasteiger partial charge < -0.3 is 20.2 Å². The first-order valence-corrected chi connectivity index (χ1v) is 13.3. The van der Waals surface area contributed by atoms with Crippen LogP contribution in [0.4, 0.5) is 23.4 Å². The van der Waals surface area contributed by atoms with Crippen LogP contribution in [-0.2, 0) is 11.0 Å². The molecular weight excluding hydrogens is 502 g/mol. The number of halogens is 4. The fourth-order valence-electron chi connectivity index (χ4n) is 5.59. The van der Waals surface area contributed by atoms with Crippen molar-refractivity contribution in [1.82, 2.24) is 20.2 Å². The van der Waals surface area contributed by atoms with Gasteiger partial charge in [0.25, 0.3) is 0 Å². The Bertz CT molecular complexity index is 1160. The highest BCUT2D eigenvalue weighted by Crippen LogP contribution is 2.43. The number of fused-ring (bicyclic) bond motifs is 1.